The summed E-state index contributed by atoms with van der Waals surface area (Å²) in [6.45, 7) is 3.18. The maximum absolute atomic E-state index is 13.2. The Morgan fingerprint density at radius 3 is 2.42 bits per heavy atom. The minimum atomic E-state index is -4.36. The van der Waals surface area contributed by atoms with Gasteiger partial charge in [-0.3, -0.25) is 4.99 Å². The number of aliphatic imine (C=N–C) groups is 1. The Morgan fingerprint density at radius 1 is 1.13 bits per heavy atom. The summed E-state index contributed by atoms with van der Waals surface area (Å²) in [4.78, 5) is 21.5. The van der Waals surface area contributed by atoms with Gasteiger partial charge in [-0.05, 0) is 24.1 Å². The van der Waals surface area contributed by atoms with Crippen LogP contribution in [0.1, 0.15) is 23.5 Å². The first-order chi connectivity index (χ1) is 14.8. The molecule has 3 aliphatic rings. The van der Waals surface area contributed by atoms with Gasteiger partial charge in [0.1, 0.15) is 0 Å². The molecule has 5 nitrogen and oxygen atoms in total. The molecule has 3 heterocycles. The van der Waals surface area contributed by atoms with Crippen molar-refractivity contribution < 1.29 is 22.7 Å². The summed E-state index contributed by atoms with van der Waals surface area (Å²) in [6.07, 6.45) is -3.61. The second kappa shape index (κ2) is 9.58. The third-order valence-corrected chi connectivity index (χ3v) is 7.62. The van der Waals surface area contributed by atoms with Gasteiger partial charge in [-0.15, -0.1) is 23.4 Å². The minimum Gasteiger partial charge on any atom is -0.378 e. The van der Waals surface area contributed by atoms with E-state index in [4.69, 9.17) is 21.3 Å². The van der Waals surface area contributed by atoms with Gasteiger partial charge in [-0.25, -0.2) is 4.79 Å². The number of carbonyl (C=O) groups is 1. The van der Waals surface area contributed by atoms with E-state index in [1.54, 1.807) is 28.8 Å². The van der Waals surface area contributed by atoms with Gasteiger partial charge in [0.15, 0.2) is 0 Å². The zero-order valence-electron chi connectivity index (χ0n) is 17.0. The standard InChI is InChI=1S/C21H25ClF3N3O2S/c22-10-18-13-31-19(26-18)16-9-15(14-1-3-17(4-2-14)21(23,24)25)11-28(12-16)20(29)27-5-7-30-8-6-27/h1-4,15-16,18H,5-13H2. The number of urea groups is 1. The van der Waals surface area contributed by atoms with Gasteiger partial charge in [-0.1, -0.05) is 12.1 Å². The van der Waals surface area contributed by atoms with E-state index in [-0.39, 0.29) is 23.9 Å². The van der Waals surface area contributed by atoms with E-state index >= 15 is 0 Å². The molecule has 3 atom stereocenters. The van der Waals surface area contributed by atoms with Gasteiger partial charge < -0.3 is 14.5 Å². The Bertz CT molecular complexity index is 815. The van der Waals surface area contributed by atoms with Crippen LogP contribution in [0.5, 0.6) is 0 Å². The Labute approximate surface area is 189 Å². The zero-order valence-corrected chi connectivity index (χ0v) is 18.6. The number of rotatable bonds is 3. The highest BCUT2D eigenvalue weighted by Gasteiger charge is 2.37. The van der Waals surface area contributed by atoms with E-state index < -0.39 is 11.7 Å². The van der Waals surface area contributed by atoms with Gasteiger partial charge >= 0.3 is 12.2 Å². The smallest absolute Gasteiger partial charge is 0.378 e. The average molecular weight is 476 g/mol. The first-order valence-electron chi connectivity index (χ1n) is 10.4. The second-order valence-corrected chi connectivity index (χ2v) is 9.47. The van der Waals surface area contributed by atoms with E-state index in [9.17, 15) is 18.0 Å². The predicted molar refractivity (Wildman–Crippen MR) is 116 cm³/mol. The summed E-state index contributed by atoms with van der Waals surface area (Å²) >= 11 is 7.65. The van der Waals surface area contributed by atoms with Crippen molar-refractivity contribution in [2.75, 3.05) is 51.0 Å². The van der Waals surface area contributed by atoms with E-state index in [0.29, 0.717) is 45.3 Å². The molecule has 0 radical (unpaired) electrons. The van der Waals surface area contributed by atoms with Crippen LogP contribution in [0.25, 0.3) is 0 Å². The lowest BCUT2D eigenvalue weighted by atomic mass is 9.84. The largest absolute Gasteiger partial charge is 0.416 e. The second-order valence-electron chi connectivity index (χ2n) is 8.12. The molecule has 0 aromatic heterocycles. The molecule has 3 unspecified atom stereocenters. The number of piperidine rings is 1. The topological polar surface area (TPSA) is 45.1 Å². The van der Waals surface area contributed by atoms with Crippen molar-refractivity contribution in [3.63, 3.8) is 0 Å². The highest BCUT2D eigenvalue weighted by atomic mass is 35.5. The molecule has 3 aliphatic heterocycles. The molecule has 0 saturated carbocycles. The Kier molecular flexibility index (Phi) is 7.03. The van der Waals surface area contributed by atoms with Crippen molar-refractivity contribution in [1.29, 1.82) is 0 Å². The third kappa shape index (κ3) is 5.31. The number of morpholine rings is 1. The monoisotopic (exact) mass is 475 g/mol. The average Bonchev–Trinajstić information content (AvgIpc) is 3.28. The van der Waals surface area contributed by atoms with Crippen LogP contribution in [0.4, 0.5) is 18.0 Å². The first kappa shape index (κ1) is 22.7. The molecule has 2 amide bonds. The molecule has 10 heteroatoms. The number of hydrogen-bond acceptors (Lipinski definition) is 4. The number of carbonyl (C=O) groups excluding carboxylic acids is 1. The quantitative estimate of drug-likeness (QED) is 0.612. The number of hydrogen-bond donors (Lipinski definition) is 0. The van der Waals surface area contributed by atoms with Crippen LogP contribution in [0.3, 0.4) is 0 Å². The molecular weight excluding hydrogens is 451 g/mol. The van der Waals surface area contributed by atoms with Crippen molar-refractivity contribution in [3.05, 3.63) is 35.4 Å². The third-order valence-electron chi connectivity index (χ3n) is 5.97. The molecule has 31 heavy (non-hydrogen) atoms. The van der Waals surface area contributed by atoms with Gasteiger partial charge in [0.2, 0.25) is 0 Å². The molecule has 0 N–H and O–H groups in total. The highest BCUT2D eigenvalue weighted by Crippen LogP contribution is 2.37. The summed E-state index contributed by atoms with van der Waals surface area (Å²) < 4.78 is 44.3. The van der Waals surface area contributed by atoms with Gasteiger partial charge in [0.25, 0.3) is 0 Å². The molecule has 2 fully saturated rings. The van der Waals surface area contributed by atoms with E-state index in [2.05, 4.69) is 0 Å². The van der Waals surface area contributed by atoms with Crippen molar-refractivity contribution in [3.8, 4) is 0 Å². The van der Waals surface area contributed by atoms with E-state index in [1.165, 1.54) is 0 Å². The Morgan fingerprint density at radius 2 is 1.81 bits per heavy atom. The first-order valence-corrected chi connectivity index (χ1v) is 11.9. The van der Waals surface area contributed by atoms with Crippen molar-refractivity contribution in [2.45, 2.75) is 24.6 Å². The lowest BCUT2D eigenvalue weighted by Gasteiger charge is -2.41. The van der Waals surface area contributed by atoms with Crippen LogP contribution in [0.2, 0.25) is 0 Å². The van der Waals surface area contributed by atoms with Gasteiger partial charge in [0.05, 0.1) is 29.9 Å². The fourth-order valence-electron chi connectivity index (χ4n) is 4.31. The highest BCUT2D eigenvalue weighted by molar-refractivity contribution is 8.14. The predicted octanol–water partition coefficient (Wildman–Crippen LogP) is 4.32. The minimum absolute atomic E-state index is 0.0394. The lowest BCUT2D eigenvalue weighted by Crippen LogP contribution is -2.53. The summed E-state index contributed by atoms with van der Waals surface area (Å²) in [5.41, 5.74) is 0.153. The van der Waals surface area contributed by atoms with Crippen LogP contribution in [-0.4, -0.2) is 77.9 Å². The lowest BCUT2D eigenvalue weighted by molar-refractivity contribution is -0.137. The maximum Gasteiger partial charge on any atom is 0.416 e. The number of alkyl halides is 4. The fraction of sp³-hybridized carbons (Fsp3) is 0.619. The zero-order chi connectivity index (χ0) is 22.0. The van der Waals surface area contributed by atoms with Gasteiger partial charge in [0, 0.05) is 49.6 Å². The fourth-order valence-corrected chi connectivity index (χ4v) is 5.81. The molecule has 0 aliphatic carbocycles. The molecule has 1 aromatic carbocycles. The molecule has 170 valence electrons. The molecule has 0 spiro atoms. The Balaban J connectivity index is 1.56. The number of nitrogens with zero attached hydrogens (tertiary/aromatic N) is 3. The van der Waals surface area contributed by atoms with Crippen molar-refractivity contribution in [2.24, 2.45) is 10.9 Å². The summed E-state index contributed by atoms with van der Waals surface area (Å²) in [5.74, 6) is 1.30. The normalized spacial score (nSPS) is 27.4. The number of thioether (sulfide) groups is 1. The Hall–Kier alpha value is -1.45. The van der Waals surface area contributed by atoms with Crippen LogP contribution in [0.15, 0.2) is 29.3 Å². The number of amides is 2. The SMILES string of the molecule is O=C(N1CCOCC1)N1CC(C2=NC(CCl)CS2)CC(c2ccc(C(F)(F)F)cc2)C1. The number of ether oxygens (including phenoxy) is 1. The molecule has 1 aromatic rings. The van der Waals surface area contributed by atoms with Crippen molar-refractivity contribution >= 4 is 34.4 Å². The van der Waals surface area contributed by atoms with Gasteiger partial charge in [-0.2, -0.15) is 13.2 Å². The van der Waals surface area contributed by atoms with Crippen LogP contribution in [-0.2, 0) is 10.9 Å². The number of halogens is 4. The van der Waals surface area contributed by atoms with Crippen LogP contribution < -0.4 is 0 Å². The molecule has 0 bridgehead atoms. The summed E-state index contributed by atoms with van der Waals surface area (Å²) in [5, 5.41) is 1.00. The van der Waals surface area contributed by atoms with E-state index in [0.717, 1.165) is 34.9 Å². The van der Waals surface area contributed by atoms with Crippen LogP contribution in [0, 0.1) is 5.92 Å². The summed E-state index contributed by atoms with van der Waals surface area (Å²) in [6, 6.07) is 5.37. The number of benzene rings is 1. The van der Waals surface area contributed by atoms with Crippen molar-refractivity contribution in [1.82, 2.24) is 9.80 Å². The van der Waals surface area contributed by atoms with Crippen LogP contribution >= 0.6 is 23.4 Å². The molecule has 4 rings (SSSR count). The molecular formula is C21H25ClF3N3O2S. The molecule has 2 saturated heterocycles. The number of likely N-dealkylation sites (tertiary alicyclic amines) is 1. The summed E-state index contributed by atoms with van der Waals surface area (Å²) in [7, 11) is 0. The maximum atomic E-state index is 13.2. The van der Waals surface area contributed by atoms with E-state index in [1.807, 2.05) is 4.90 Å².